The normalized spacial score (nSPS) is 20.0. The Kier molecular flexibility index (Phi) is 4.04. The first-order valence-corrected chi connectivity index (χ1v) is 7.13. The molecule has 1 aliphatic carbocycles. The van der Waals surface area contributed by atoms with Crippen LogP contribution in [0.3, 0.4) is 0 Å². The summed E-state index contributed by atoms with van der Waals surface area (Å²) in [6.45, 7) is 4.22. The maximum absolute atomic E-state index is 6.21. The molecule has 21 heavy (non-hydrogen) atoms. The van der Waals surface area contributed by atoms with Crippen molar-refractivity contribution < 1.29 is 9.47 Å². The maximum atomic E-state index is 6.21. The maximum Gasteiger partial charge on any atom is 0.127 e. The SMILES string of the molecule is C=CCOC1CC(N)c2cc(Oc3ccccc3)ccc21. The Morgan fingerprint density at radius 1 is 1.10 bits per heavy atom. The summed E-state index contributed by atoms with van der Waals surface area (Å²) in [6, 6.07) is 15.8. The molecule has 0 bridgehead atoms. The number of rotatable bonds is 5. The van der Waals surface area contributed by atoms with Crippen LogP contribution >= 0.6 is 0 Å². The highest BCUT2D eigenvalue weighted by Gasteiger charge is 2.29. The lowest BCUT2D eigenvalue weighted by Crippen LogP contribution is -2.06. The van der Waals surface area contributed by atoms with Crippen LogP contribution in [0.4, 0.5) is 0 Å². The molecule has 0 radical (unpaired) electrons. The lowest BCUT2D eigenvalue weighted by Gasteiger charge is -2.12. The van der Waals surface area contributed by atoms with Gasteiger partial charge in [0.1, 0.15) is 11.5 Å². The highest BCUT2D eigenvalue weighted by molar-refractivity contribution is 5.43. The van der Waals surface area contributed by atoms with Crippen LogP contribution in [0, 0.1) is 0 Å². The van der Waals surface area contributed by atoms with Gasteiger partial charge >= 0.3 is 0 Å². The summed E-state index contributed by atoms with van der Waals surface area (Å²) in [5.41, 5.74) is 8.48. The number of hydrogen-bond donors (Lipinski definition) is 1. The van der Waals surface area contributed by atoms with Gasteiger partial charge in [-0.3, -0.25) is 0 Å². The zero-order valence-corrected chi connectivity index (χ0v) is 11.9. The molecule has 3 heteroatoms. The molecule has 0 spiro atoms. The number of nitrogens with two attached hydrogens (primary N) is 1. The van der Waals surface area contributed by atoms with E-state index in [0.717, 1.165) is 29.0 Å². The van der Waals surface area contributed by atoms with E-state index in [9.17, 15) is 0 Å². The molecule has 2 N–H and O–H groups in total. The summed E-state index contributed by atoms with van der Waals surface area (Å²) in [6.07, 6.45) is 2.62. The van der Waals surface area contributed by atoms with E-state index in [-0.39, 0.29) is 12.1 Å². The Morgan fingerprint density at radius 3 is 2.67 bits per heavy atom. The number of ether oxygens (including phenoxy) is 2. The van der Waals surface area contributed by atoms with Crippen molar-refractivity contribution in [3.8, 4) is 11.5 Å². The van der Waals surface area contributed by atoms with E-state index in [2.05, 4.69) is 6.58 Å². The number of fused-ring (bicyclic) bond motifs is 1. The molecule has 2 atom stereocenters. The molecule has 0 aromatic heterocycles. The molecular formula is C18H19NO2. The van der Waals surface area contributed by atoms with Gasteiger partial charge in [-0.2, -0.15) is 0 Å². The van der Waals surface area contributed by atoms with Gasteiger partial charge in [0, 0.05) is 6.04 Å². The van der Waals surface area contributed by atoms with Crippen molar-refractivity contribution in [2.75, 3.05) is 6.61 Å². The monoisotopic (exact) mass is 281 g/mol. The zero-order chi connectivity index (χ0) is 14.7. The number of para-hydroxylation sites is 1. The topological polar surface area (TPSA) is 44.5 Å². The Labute approximate surface area is 125 Å². The van der Waals surface area contributed by atoms with Crippen LogP contribution < -0.4 is 10.5 Å². The van der Waals surface area contributed by atoms with Crippen molar-refractivity contribution in [2.24, 2.45) is 5.73 Å². The molecular weight excluding hydrogens is 262 g/mol. The third-order valence-electron chi connectivity index (χ3n) is 3.67. The van der Waals surface area contributed by atoms with E-state index in [1.54, 1.807) is 6.08 Å². The van der Waals surface area contributed by atoms with Crippen LogP contribution in [0.5, 0.6) is 11.5 Å². The van der Waals surface area contributed by atoms with Crippen molar-refractivity contribution in [2.45, 2.75) is 18.6 Å². The smallest absolute Gasteiger partial charge is 0.127 e. The lowest BCUT2D eigenvalue weighted by atomic mass is 10.1. The minimum absolute atomic E-state index is 0.00543. The van der Waals surface area contributed by atoms with Crippen LogP contribution in [-0.2, 0) is 4.74 Å². The molecule has 2 unspecified atom stereocenters. The fraction of sp³-hybridized carbons (Fsp3) is 0.222. The van der Waals surface area contributed by atoms with Gasteiger partial charge in [-0.05, 0) is 41.8 Å². The third kappa shape index (κ3) is 2.99. The summed E-state index contributed by atoms with van der Waals surface area (Å²) in [4.78, 5) is 0. The van der Waals surface area contributed by atoms with Gasteiger partial charge in [0.25, 0.3) is 0 Å². The predicted octanol–water partition coefficient (Wildman–Crippen LogP) is 4.13. The largest absolute Gasteiger partial charge is 0.457 e. The van der Waals surface area contributed by atoms with Gasteiger partial charge in [0.05, 0.1) is 12.7 Å². The third-order valence-corrected chi connectivity index (χ3v) is 3.67. The predicted molar refractivity (Wildman–Crippen MR) is 83.4 cm³/mol. The van der Waals surface area contributed by atoms with E-state index in [4.69, 9.17) is 15.2 Å². The Morgan fingerprint density at radius 2 is 1.90 bits per heavy atom. The Hall–Kier alpha value is -2.10. The van der Waals surface area contributed by atoms with E-state index < -0.39 is 0 Å². The summed E-state index contributed by atoms with van der Waals surface area (Å²) >= 11 is 0. The second-order valence-electron chi connectivity index (χ2n) is 5.16. The number of benzene rings is 2. The van der Waals surface area contributed by atoms with Crippen LogP contribution in [0.15, 0.2) is 61.2 Å². The average molecular weight is 281 g/mol. The van der Waals surface area contributed by atoms with E-state index >= 15 is 0 Å². The van der Waals surface area contributed by atoms with Gasteiger partial charge in [-0.25, -0.2) is 0 Å². The Bertz CT molecular complexity index is 624. The fourth-order valence-corrected chi connectivity index (χ4v) is 2.68. The van der Waals surface area contributed by atoms with E-state index in [1.807, 2.05) is 48.5 Å². The molecule has 0 amide bonds. The van der Waals surface area contributed by atoms with Gasteiger partial charge < -0.3 is 15.2 Å². The summed E-state index contributed by atoms with van der Waals surface area (Å²) < 4.78 is 11.6. The van der Waals surface area contributed by atoms with Crippen LogP contribution in [0.25, 0.3) is 0 Å². The van der Waals surface area contributed by atoms with Crippen LogP contribution in [0.2, 0.25) is 0 Å². The van der Waals surface area contributed by atoms with Crippen molar-refractivity contribution in [1.82, 2.24) is 0 Å². The summed E-state index contributed by atoms with van der Waals surface area (Å²) in [7, 11) is 0. The molecule has 2 aromatic rings. The average Bonchev–Trinajstić information content (AvgIpc) is 2.82. The molecule has 0 saturated carbocycles. The zero-order valence-electron chi connectivity index (χ0n) is 11.9. The Balaban J connectivity index is 1.81. The van der Waals surface area contributed by atoms with Crippen molar-refractivity contribution >= 4 is 0 Å². The summed E-state index contributed by atoms with van der Waals surface area (Å²) in [5, 5.41) is 0. The van der Waals surface area contributed by atoms with Gasteiger partial charge in [-0.1, -0.05) is 30.3 Å². The quantitative estimate of drug-likeness (QED) is 0.838. The van der Waals surface area contributed by atoms with E-state index in [0.29, 0.717) is 6.61 Å². The molecule has 0 fully saturated rings. The molecule has 0 saturated heterocycles. The molecule has 0 aliphatic heterocycles. The van der Waals surface area contributed by atoms with Crippen LogP contribution in [-0.4, -0.2) is 6.61 Å². The second-order valence-corrected chi connectivity index (χ2v) is 5.16. The minimum Gasteiger partial charge on any atom is -0.457 e. The molecule has 108 valence electrons. The number of hydrogen-bond acceptors (Lipinski definition) is 3. The minimum atomic E-state index is -0.00543. The lowest BCUT2D eigenvalue weighted by molar-refractivity contribution is 0.0722. The van der Waals surface area contributed by atoms with Gasteiger partial charge in [-0.15, -0.1) is 6.58 Å². The highest BCUT2D eigenvalue weighted by atomic mass is 16.5. The van der Waals surface area contributed by atoms with Crippen molar-refractivity contribution in [3.63, 3.8) is 0 Å². The van der Waals surface area contributed by atoms with Gasteiger partial charge in [0.15, 0.2) is 0 Å². The molecule has 0 heterocycles. The highest BCUT2D eigenvalue weighted by Crippen LogP contribution is 2.41. The van der Waals surface area contributed by atoms with Crippen molar-refractivity contribution in [3.05, 3.63) is 72.3 Å². The van der Waals surface area contributed by atoms with E-state index in [1.165, 1.54) is 0 Å². The van der Waals surface area contributed by atoms with Gasteiger partial charge in [0.2, 0.25) is 0 Å². The van der Waals surface area contributed by atoms with Crippen LogP contribution in [0.1, 0.15) is 29.7 Å². The molecule has 3 nitrogen and oxygen atoms in total. The molecule has 1 aliphatic rings. The first kappa shape index (κ1) is 13.9. The first-order chi connectivity index (χ1) is 10.3. The second kappa shape index (κ2) is 6.12. The summed E-state index contributed by atoms with van der Waals surface area (Å²) in [5.74, 6) is 1.63. The fourth-order valence-electron chi connectivity index (χ4n) is 2.68. The molecule has 2 aromatic carbocycles. The first-order valence-electron chi connectivity index (χ1n) is 7.13. The standard InChI is InChI=1S/C18H19NO2/c1-2-10-20-18-12-17(19)16-11-14(8-9-15(16)18)21-13-6-4-3-5-7-13/h2-9,11,17-18H,1,10,12,19H2. The molecule has 3 rings (SSSR count). The van der Waals surface area contributed by atoms with Crippen molar-refractivity contribution in [1.29, 1.82) is 0 Å².